The van der Waals surface area contributed by atoms with Crippen LogP contribution in [-0.2, 0) is 4.74 Å². The third-order valence-electron chi connectivity index (χ3n) is 3.62. The van der Waals surface area contributed by atoms with Crippen LogP contribution >= 0.6 is 23.8 Å². The van der Waals surface area contributed by atoms with Crippen LogP contribution in [0, 0.1) is 0 Å². The summed E-state index contributed by atoms with van der Waals surface area (Å²) in [5, 5.41) is 4.29. The number of rotatable bonds is 7. The average Bonchev–Trinajstić information content (AvgIpc) is 3.09. The van der Waals surface area contributed by atoms with Crippen LogP contribution in [0.3, 0.4) is 0 Å². The molecule has 24 heavy (non-hydrogen) atoms. The van der Waals surface area contributed by atoms with Gasteiger partial charge in [0.05, 0.1) is 31.0 Å². The fourth-order valence-electron chi connectivity index (χ4n) is 2.28. The molecule has 0 aliphatic heterocycles. The van der Waals surface area contributed by atoms with E-state index in [0.717, 1.165) is 11.4 Å². The van der Waals surface area contributed by atoms with Crippen LogP contribution < -0.4 is 10.1 Å². The first-order chi connectivity index (χ1) is 11.6. The molecule has 1 N–H and O–H groups in total. The highest BCUT2D eigenvalue weighted by molar-refractivity contribution is 7.80. The second-order valence-electron chi connectivity index (χ2n) is 5.16. The predicted molar refractivity (Wildman–Crippen MR) is 99.9 cm³/mol. The minimum atomic E-state index is -0.0242. The lowest BCUT2D eigenvalue weighted by Gasteiger charge is -2.30. The Kier molecular flexibility index (Phi) is 6.90. The second kappa shape index (κ2) is 8.92. The van der Waals surface area contributed by atoms with E-state index in [1.807, 2.05) is 30.0 Å². The molecular formula is C17H21ClN2O3S. The molecule has 2 rings (SSSR count). The minimum absolute atomic E-state index is 0.0242. The zero-order chi connectivity index (χ0) is 17.5. The zero-order valence-electron chi connectivity index (χ0n) is 13.9. The van der Waals surface area contributed by atoms with Crippen LogP contribution in [-0.4, -0.2) is 37.4 Å². The molecule has 7 heteroatoms. The highest BCUT2D eigenvalue weighted by Gasteiger charge is 2.21. The van der Waals surface area contributed by atoms with Crippen LogP contribution in [0.25, 0.3) is 0 Å². The van der Waals surface area contributed by atoms with Crippen molar-refractivity contribution in [1.29, 1.82) is 0 Å². The number of anilines is 1. The van der Waals surface area contributed by atoms with E-state index in [1.54, 1.807) is 32.6 Å². The number of hydrogen-bond donors (Lipinski definition) is 1. The quantitative estimate of drug-likeness (QED) is 0.733. The fourth-order valence-corrected chi connectivity index (χ4v) is 2.91. The number of furan rings is 1. The maximum atomic E-state index is 6.16. The van der Waals surface area contributed by atoms with Gasteiger partial charge in [0.1, 0.15) is 11.5 Å². The van der Waals surface area contributed by atoms with Crippen molar-refractivity contribution in [2.45, 2.75) is 13.0 Å². The average molecular weight is 369 g/mol. The Morgan fingerprint density at radius 3 is 2.75 bits per heavy atom. The van der Waals surface area contributed by atoms with Gasteiger partial charge in [0.25, 0.3) is 0 Å². The molecule has 0 aliphatic carbocycles. The van der Waals surface area contributed by atoms with Crippen LogP contribution in [0.4, 0.5) is 5.69 Å². The van der Waals surface area contributed by atoms with E-state index < -0.39 is 0 Å². The van der Waals surface area contributed by atoms with Crippen LogP contribution in [0.1, 0.15) is 18.7 Å². The summed E-state index contributed by atoms with van der Waals surface area (Å²) in [4.78, 5) is 2.01. The lowest BCUT2D eigenvalue weighted by atomic mass is 10.2. The molecule has 0 radical (unpaired) electrons. The van der Waals surface area contributed by atoms with E-state index in [9.17, 15) is 0 Å². The third kappa shape index (κ3) is 4.63. The summed E-state index contributed by atoms with van der Waals surface area (Å²) in [6.07, 6.45) is 1.65. The molecular weight excluding hydrogens is 348 g/mol. The minimum Gasteiger partial charge on any atom is -0.495 e. The summed E-state index contributed by atoms with van der Waals surface area (Å²) < 4.78 is 15.9. The largest absolute Gasteiger partial charge is 0.495 e. The number of nitrogens with zero attached hydrogens (tertiary/aromatic N) is 1. The molecule has 0 fully saturated rings. The Morgan fingerprint density at radius 2 is 2.17 bits per heavy atom. The second-order valence-corrected chi connectivity index (χ2v) is 5.95. The highest BCUT2D eigenvalue weighted by atomic mass is 35.5. The number of methoxy groups -OCH3 is 2. The number of nitrogens with one attached hydrogen (secondary N) is 1. The summed E-state index contributed by atoms with van der Waals surface area (Å²) in [5.41, 5.74) is 0.792. The van der Waals surface area contributed by atoms with E-state index >= 15 is 0 Å². The molecule has 0 bridgehead atoms. The molecule has 0 saturated carbocycles. The maximum absolute atomic E-state index is 6.16. The van der Waals surface area contributed by atoms with Crippen LogP contribution in [0.15, 0.2) is 41.0 Å². The van der Waals surface area contributed by atoms with Crippen molar-refractivity contribution >= 4 is 34.6 Å². The first-order valence-corrected chi connectivity index (χ1v) is 8.29. The van der Waals surface area contributed by atoms with Crippen molar-refractivity contribution in [2.24, 2.45) is 0 Å². The molecule has 130 valence electrons. The van der Waals surface area contributed by atoms with Crippen molar-refractivity contribution < 1.29 is 13.9 Å². The molecule has 0 spiro atoms. The molecule has 1 aromatic carbocycles. The molecule has 1 atom stereocenters. The summed E-state index contributed by atoms with van der Waals surface area (Å²) in [6, 6.07) is 9.20. The lowest BCUT2D eigenvalue weighted by molar-refractivity contribution is 0.160. The lowest BCUT2D eigenvalue weighted by Crippen LogP contribution is -2.39. The van der Waals surface area contributed by atoms with Gasteiger partial charge in [-0.25, -0.2) is 0 Å². The van der Waals surface area contributed by atoms with Gasteiger partial charge in [0.15, 0.2) is 5.11 Å². The molecule has 2 aromatic rings. The SMILES string of the molecule is COCCN(C(=S)Nc1ccc(OC)c(Cl)c1)[C@@H](C)c1ccco1. The van der Waals surface area contributed by atoms with Crippen molar-refractivity contribution in [2.75, 3.05) is 32.7 Å². The summed E-state index contributed by atoms with van der Waals surface area (Å²) in [7, 11) is 3.24. The van der Waals surface area contributed by atoms with Crippen LogP contribution in [0.2, 0.25) is 5.02 Å². The van der Waals surface area contributed by atoms with E-state index in [0.29, 0.717) is 29.0 Å². The first-order valence-electron chi connectivity index (χ1n) is 7.50. The van der Waals surface area contributed by atoms with Crippen molar-refractivity contribution in [1.82, 2.24) is 4.90 Å². The molecule has 0 aliphatic rings. The normalized spacial score (nSPS) is 11.8. The molecule has 0 saturated heterocycles. The van der Waals surface area contributed by atoms with Gasteiger partial charge in [-0.2, -0.15) is 0 Å². The Morgan fingerprint density at radius 1 is 1.38 bits per heavy atom. The first kappa shape index (κ1) is 18.6. The number of thiocarbonyl (C=S) groups is 1. The fraction of sp³-hybridized carbons (Fsp3) is 0.353. The van der Waals surface area contributed by atoms with Gasteiger partial charge in [-0.3, -0.25) is 0 Å². The zero-order valence-corrected chi connectivity index (χ0v) is 15.5. The van der Waals surface area contributed by atoms with E-state index in [1.165, 1.54) is 0 Å². The van der Waals surface area contributed by atoms with Crippen molar-refractivity contribution in [3.8, 4) is 5.75 Å². The summed E-state index contributed by atoms with van der Waals surface area (Å²) in [6.45, 7) is 3.22. The smallest absolute Gasteiger partial charge is 0.174 e. The number of benzene rings is 1. The van der Waals surface area contributed by atoms with Gasteiger partial charge >= 0.3 is 0 Å². The van der Waals surface area contributed by atoms with Gasteiger partial charge in [0, 0.05) is 19.3 Å². The number of ether oxygens (including phenoxy) is 2. The monoisotopic (exact) mass is 368 g/mol. The van der Waals surface area contributed by atoms with Gasteiger partial charge in [0.2, 0.25) is 0 Å². The predicted octanol–water partition coefficient (Wildman–Crippen LogP) is 4.35. The van der Waals surface area contributed by atoms with Crippen LogP contribution in [0.5, 0.6) is 5.75 Å². The van der Waals surface area contributed by atoms with Crippen molar-refractivity contribution in [3.63, 3.8) is 0 Å². The number of halogens is 1. The van der Waals surface area contributed by atoms with Gasteiger partial charge in [-0.15, -0.1) is 0 Å². The molecule has 1 heterocycles. The summed E-state index contributed by atoms with van der Waals surface area (Å²) >= 11 is 11.7. The van der Waals surface area contributed by atoms with E-state index in [4.69, 9.17) is 37.7 Å². The standard InChI is InChI=1S/C17H21ClN2O3S/c1-12(15-5-4-9-23-15)20(8-10-21-2)17(24)19-13-6-7-16(22-3)14(18)11-13/h4-7,9,11-12H,8,10H2,1-3H3,(H,19,24)/t12-/m0/s1. The third-order valence-corrected chi connectivity index (χ3v) is 4.25. The molecule has 0 amide bonds. The Bertz CT molecular complexity index is 664. The Hall–Kier alpha value is -1.76. The van der Waals surface area contributed by atoms with Crippen molar-refractivity contribution in [3.05, 3.63) is 47.4 Å². The maximum Gasteiger partial charge on any atom is 0.174 e. The topological polar surface area (TPSA) is 46.9 Å². The van der Waals surface area contributed by atoms with Gasteiger partial charge in [-0.05, 0) is 49.5 Å². The van der Waals surface area contributed by atoms with Gasteiger partial charge < -0.3 is 24.1 Å². The Balaban J connectivity index is 2.13. The Labute approximate surface area is 152 Å². The van der Waals surface area contributed by atoms with E-state index in [2.05, 4.69) is 5.32 Å². The molecule has 0 unspecified atom stereocenters. The van der Waals surface area contributed by atoms with E-state index in [-0.39, 0.29) is 6.04 Å². The molecule has 5 nitrogen and oxygen atoms in total. The summed E-state index contributed by atoms with van der Waals surface area (Å²) in [5.74, 6) is 1.45. The number of hydrogen-bond acceptors (Lipinski definition) is 4. The van der Waals surface area contributed by atoms with Gasteiger partial charge in [-0.1, -0.05) is 11.6 Å². The highest BCUT2D eigenvalue weighted by Crippen LogP contribution is 2.28. The molecule has 1 aromatic heterocycles.